The molecule has 146 valence electrons. The number of rotatable bonds is 4. The molecule has 4 rings (SSSR count). The van der Waals surface area contributed by atoms with Gasteiger partial charge in [-0.1, -0.05) is 53.5 Å². The molecule has 1 atom stereocenters. The second-order valence-electron chi connectivity index (χ2n) is 7.01. The van der Waals surface area contributed by atoms with Gasteiger partial charge in [-0.15, -0.1) is 0 Å². The Balaban J connectivity index is 1.87. The summed E-state index contributed by atoms with van der Waals surface area (Å²) in [5.41, 5.74) is 4.47. The molecule has 0 saturated heterocycles. The Morgan fingerprint density at radius 3 is 2.45 bits per heavy atom. The van der Waals surface area contributed by atoms with E-state index in [2.05, 4.69) is 0 Å². The number of hydrogen-bond acceptors (Lipinski definition) is 2. The fraction of sp³-hybridized carbons (Fsp3) is 0.130. The van der Waals surface area contributed by atoms with Crippen LogP contribution in [0.2, 0.25) is 10.0 Å². The monoisotopic (exact) mass is 425 g/mol. The van der Waals surface area contributed by atoms with E-state index in [1.165, 1.54) is 0 Å². The maximum atomic E-state index is 13.0. The van der Waals surface area contributed by atoms with E-state index < -0.39 is 11.9 Å². The number of anilines is 1. The summed E-state index contributed by atoms with van der Waals surface area (Å²) in [5, 5.41) is 10.2. The Morgan fingerprint density at radius 1 is 1.00 bits per heavy atom. The van der Waals surface area contributed by atoms with Gasteiger partial charge < -0.3 is 10.0 Å². The summed E-state index contributed by atoms with van der Waals surface area (Å²) in [6.07, 6.45) is 0. The highest BCUT2D eigenvalue weighted by Crippen LogP contribution is 2.39. The molecular formula is C23H17Cl2NO3. The van der Waals surface area contributed by atoms with E-state index in [0.717, 1.165) is 16.7 Å². The highest BCUT2D eigenvalue weighted by Gasteiger charge is 2.30. The number of fused-ring (bicyclic) bond motifs is 1. The van der Waals surface area contributed by atoms with Gasteiger partial charge in [0.25, 0.3) is 5.91 Å². The number of carboxylic acids is 1. The molecule has 1 amide bonds. The molecule has 1 N–H and O–H groups in total. The number of carbonyl (C=O) groups is 2. The van der Waals surface area contributed by atoms with Gasteiger partial charge in [-0.2, -0.15) is 0 Å². The van der Waals surface area contributed by atoms with Crippen LogP contribution in [0.5, 0.6) is 0 Å². The Hall–Kier alpha value is -2.82. The topological polar surface area (TPSA) is 57.6 Å². The van der Waals surface area contributed by atoms with Gasteiger partial charge in [-0.05, 0) is 53.9 Å². The van der Waals surface area contributed by atoms with Crippen molar-refractivity contribution in [3.8, 4) is 11.1 Å². The molecule has 0 fully saturated rings. The Labute approximate surface area is 178 Å². The lowest BCUT2D eigenvalue weighted by molar-refractivity contribution is -0.138. The first-order valence-corrected chi connectivity index (χ1v) is 9.84. The van der Waals surface area contributed by atoms with Crippen LogP contribution >= 0.6 is 23.2 Å². The second kappa shape index (κ2) is 7.54. The zero-order chi connectivity index (χ0) is 20.7. The number of halogens is 2. The number of hydrogen-bond donors (Lipinski definition) is 1. The Bertz CT molecular complexity index is 1140. The highest BCUT2D eigenvalue weighted by molar-refractivity contribution is 6.42. The van der Waals surface area contributed by atoms with Crippen LogP contribution in [0.3, 0.4) is 0 Å². The van der Waals surface area contributed by atoms with Gasteiger partial charge >= 0.3 is 5.97 Å². The van der Waals surface area contributed by atoms with Gasteiger partial charge in [0.2, 0.25) is 0 Å². The van der Waals surface area contributed by atoms with Crippen LogP contribution in [0, 0.1) is 0 Å². The Kier molecular flexibility index (Phi) is 5.07. The summed E-state index contributed by atoms with van der Waals surface area (Å²) in [4.78, 5) is 26.2. The van der Waals surface area contributed by atoms with Gasteiger partial charge in [0.1, 0.15) is 0 Å². The molecule has 6 heteroatoms. The molecule has 3 aromatic carbocycles. The number of amides is 1. The van der Waals surface area contributed by atoms with Gasteiger partial charge in [-0.3, -0.25) is 9.59 Å². The van der Waals surface area contributed by atoms with Crippen LogP contribution in [0.25, 0.3) is 11.1 Å². The van der Waals surface area contributed by atoms with E-state index in [1.807, 2.05) is 36.4 Å². The second-order valence-corrected chi connectivity index (χ2v) is 7.83. The third-order valence-electron chi connectivity index (χ3n) is 5.23. The predicted molar refractivity (Wildman–Crippen MR) is 115 cm³/mol. The van der Waals surface area contributed by atoms with E-state index in [-0.39, 0.29) is 5.91 Å². The van der Waals surface area contributed by atoms with E-state index in [0.29, 0.717) is 33.4 Å². The van der Waals surface area contributed by atoms with Crippen molar-refractivity contribution in [2.24, 2.45) is 0 Å². The maximum Gasteiger partial charge on any atom is 0.310 e. The van der Waals surface area contributed by atoms with Crippen molar-refractivity contribution in [2.45, 2.75) is 19.4 Å². The molecule has 1 heterocycles. The van der Waals surface area contributed by atoms with Crippen LogP contribution in [0.4, 0.5) is 5.69 Å². The van der Waals surface area contributed by atoms with Crippen molar-refractivity contribution in [2.75, 3.05) is 4.90 Å². The van der Waals surface area contributed by atoms with E-state index in [4.69, 9.17) is 23.2 Å². The molecule has 0 aliphatic carbocycles. The van der Waals surface area contributed by atoms with E-state index in [1.54, 1.807) is 36.1 Å². The van der Waals surface area contributed by atoms with Crippen LogP contribution in [0.15, 0.2) is 60.7 Å². The summed E-state index contributed by atoms with van der Waals surface area (Å²) in [6.45, 7) is 2.09. The van der Waals surface area contributed by atoms with Crippen molar-refractivity contribution >= 4 is 40.8 Å². The number of carboxylic acid groups (broad SMARTS) is 1. The molecule has 3 aromatic rings. The normalized spacial score (nSPS) is 14.0. The summed E-state index contributed by atoms with van der Waals surface area (Å²) >= 11 is 12.3. The largest absolute Gasteiger partial charge is 0.481 e. The molecule has 1 aliphatic rings. The van der Waals surface area contributed by atoms with Crippen molar-refractivity contribution in [1.82, 2.24) is 0 Å². The third-order valence-corrected chi connectivity index (χ3v) is 5.97. The maximum absolute atomic E-state index is 13.0. The zero-order valence-electron chi connectivity index (χ0n) is 15.5. The number of nitrogens with zero attached hydrogens (tertiary/aromatic N) is 1. The van der Waals surface area contributed by atoms with Gasteiger partial charge in [0.15, 0.2) is 0 Å². The third kappa shape index (κ3) is 3.50. The number of benzene rings is 3. The molecule has 0 aromatic heterocycles. The van der Waals surface area contributed by atoms with E-state index >= 15 is 0 Å². The lowest BCUT2D eigenvalue weighted by atomic mass is 9.94. The predicted octanol–water partition coefficient (Wildman–Crippen LogP) is 6.01. The summed E-state index contributed by atoms with van der Waals surface area (Å²) < 4.78 is 0. The van der Waals surface area contributed by atoms with E-state index in [9.17, 15) is 14.7 Å². The standard InChI is InChI=1S/C23H17Cl2NO3/c1-13(23(28)29)14-7-9-21(18(10-14)15-6-8-19(24)20(25)11-15)26-12-16-4-2-3-5-17(16)22(26)27/h2-11,13H,12H2,1H3,(H,28,29). The minimum Gasteiger partial charge on any atom is -0.481 e. The van der Waals surface area contributed by atoms with Crippen molar-refractivity contribution < 1.29 is 14.7 Å². The molecule has 0 spiro atoms. The smallest absolute Gasteiger partial charge is 0.310 e. The van der Waals surface area contributed by atoms with Crippen molar-refractivity contribution in [3.63, 3.8) is 0 Å². The first-order valence-electron chi connectivity index (χ1n) is 9.08. The quantitative estimate of drug-likeness (QED) is 0.556. The van der Waals surface area contributed by atoms with Crippen molar-refractivity contribution in [3.05, 3.63) is 87.4 Å². The van der Waals surface area contributed by atoms with Gasteiger partial charge in [0, 0.05) is 11.1 Å². The Morgan fingerprint density at radius 2 is 1.76 bits per heavy atom. The molecule has 1 unspecified atom stereocenters. The van der Waals surface area contributed by atoms with Crippen LogP contribution in [-0.2, 0) is 11.3 Å². The fourth-order valence-corrected chi connectivity index (χ4v) is 3.84. The highest BCUT2D eigenvalue weighted by atomic mass is 35.5. The fourth-order valence-electron chi connectivity index (χ4n) is 3.54. The molecule has 0 saturated carbocycles. The molecule has 4 nitrogen and oxygen atoms in total. The number of carbonyl (C=O) groups excluding carboxylic acids is 1. The first-order chi connectivity index (χ1) is 13.9. The average Bonchev–Trinajstić information content (AvgIpc) is 3.05. The first kappa shape index (κ1) is 19.5. The zero-order valence-corrected chi connectivity index (χ0v) is 17.0. The number of aliphatic carboxylic acids is 1. The SMILES string of the molecule is CC(C(=O)O)c1ccc(N2Cc3ccccc3C2=O)c(-c2ccc(Cl)c(Cl)c2)c1. The molecule has 0 radical (unpaired) electrons. The van der Waals surface area contributed by atoms with Crippen molar-refractivity contribution in [1.29, 1.82) is 0 Å². The minimum atomic E-state index is -0.914. The van der Waals surface area contributed by atoms with Crippen LogP contribution < -0.4 is 4.90 Å². The summed E-state index contributed by atoms with van der Waals surface area (Å²) in [6, 6.07) is 18.1. The summed E-state index contributed by atoms with van der Waals surface area (Å²) in [5.74, 6) is -1.68. The summed E-state index contributed by atoms with van der Waals surface area (Å²) in [7, 11) is 0. The molecule has 1 aliphatic heterocycles. The lowest BCUT2D eigenvalue weighted by Gasteiger charge is -2.22. The average molecular weight is 426 g/mol. The molecule has 29 heavy (non-hydrogen) atoms. The lowest BCUT2D eigenvalue weighted by Crippen LogP contribution is -2.24. The van der Waals surface area contributed by atoms with Crippen LogP contribution in [0.1, 0.15) is 34.3 Å². The van der Waals surface area contributed by atoms with Gasteiger partial charge in [0.05, 0.1) is 28.2 Å². The molecule has 0 bridgehead atoms. The minimum absolute atomic E-state index is 0.0825. The molecular weight excluding hydrogens is 409 g/mol. The van der Waals surface area contributed by atoms with Crippen LogP contribution in [-0.4, -0.2) is 17.0 Å². The van der Waals surface area contributed by atoms with Gasteiger partial charge in [-0.25, -0.2) is 0 Å².